The molecule has 0 aromatic heterocycles. The van der Waals surface area contributed by atoms with Gasteiger partial charge in [0, 0.05) is 24.7 Å². The Balaban J connectivity index is 3.12. The first-order valence-electron chi connectivity index (χ1n) is 5.45. The fourth-order valence-electron chi connectivity index (χ4n) is 1.69. The molecule has 6 nitrogen and oxygen atoms in total. The largest absolute Gasteiger partial charge is 0.272 e. The van der Waals surface area contributed by atoms with Gasteiger partial charge in [-0.05, 0) is 12.5 Å². The van der Waals surface area contributed by atoms with Crippen LogP contribution in [0.25, 0.3) is 0 Å². The fourth-order valence-corrected chi connectivity index (χ4v) is 2.54. The Morgan fingerprint density at radius 1 is 1.39 bits per heavy atom. The molecule has 0 atom stereocenters. The molecule has 0 heterocycles. The van der Waals surface area contributed by atoms with Crippen LogP contribution in [0.2, 0.25) is 0 Å². The number of nitro benzene ring substituents is 1. The first-order chi connectivity index (χ1) is 8.27. The number of nitrogens with zero attached hydrogens (tertiary/aromatic N) is 2. The van der Waals surface area contributed by atoms with Crippen LogP contribution in [0.5, 0.6) is 0 Å². The van der Waals surface area contributed by atoms with Gasteiger partial charge in [-0.15, -0.1) is 0 Å². The van der Waals surface area contributed by atoms with E-state index >= 15 is 0 Å². The van der Waals surface area contributed by atoms with Crippen LogP contribution in [0.4, 0.5) is 5.69 Å². The van der Waals surface area contributed by atoms with Crippen LogP contribution < -0.4 is 0 Å². The molecule has 0 aliphatic carbocycles. The van der Waals surface area contributed by atoms with Crippen LogP contribution in [0.1, 0.15) is 18.1 Å². The number of hydrogen-bond acceptors (Lipinski definition) is 4. The minimum Gasteiger partial charge on any atom is -0.258 e. The van der Waals surface area contributed by atoms with Crippen LogP contribution in [0, 0.1) is 17.0 Å². The summed E-state index contributed by atoms with van der Waals surface area (Å²) in [5.41, 5.74) is 1.16. The average Bonchev–Trinajstić information content (AvgIpc) is 2.25. The molecule has 0 aliphatic heterocycles. The summed E-state index contributed by atoms with van der Waals surface area (Å²) in [5, 5.41) is 10.8. The molecule has 0 radical (unpaired) electrons. The molecule has 1 aromatic rings. The summed E-state index contributed by atoms with van der Waals surface area (Å²) >= 11 is 0. The summed E-state index contributed by atoms with van der Waals surface area (Å²) in [6, 6.07) is 4.68. The number of benzene rings is 1. The van der Waals surface area contributed by atoms with Crippen LogP contribution in [0.3, 0.4) is 0 Å². The van der Waals surface area contributed by atoms with Gasteiger partial charge in [0.05, 0.1) is 11.2 Å². The monoisotopic (exact) mass is 272 g/mol. The first kappa shape index (κ1) is 14.6. The zero-order chi connectivity index (χ0) is 13.9. The zero-order valence-corrected chi connectivity index (χ0v) is 11.4. The van der Waals surface area contributed by atoms with Gasteiger partial charge < -0.3 is 0 Å². The Kier molecular flexibility index (Phi) is 4.42. The standard InChI is InChI=1S/C11H16N2O4S/c1-4-12(18(3,16)17)8-10-6-5-7-11(9(10)2)13(14)15/h5-7H,4,8H2,1-3H3. The lowest BCUT2D eigenvalue weighted by molar-refractivity contribution is -0.385. The molecule has 0 N–H and O–H groups in total. The molecule has 7 heteroatoms. The predicted molar refractivity (Wildman–Crippen MR) is 68.8 cm³/mol. The molecule has 0 bridgehead atoms. The molecule has 1 rings (SSSR count). The summed E-state index contributed by atoms with van der Waals surface area (Å²) in [4.78, 5) is 10.3. The Bertz CT molecular complexity index is 554. The SMILES string of the molecule is CCN(Cc1cccc([N+](=O)[O-])c1C)S(C)(=O)=O. The summed E-state index contributed by atoms with van der Waals surface area (Å²) in [6.07, 6.45) is 1.13. The molecule has 0 unspecified atom stereocenters. The van der Waals surface area contributed by atoms with Crippen LogP contribution in [-0.4, -0.2) is 30.4 Å². The molecule has 0 saturated carbocycles. The third-order valence-electron chi connectivity index (χ3n) is 2.78. The van der Waals surface area contributed by atoms with Gasteiger partial charge in [-0.25, -0.2) is 8.42 Å². The molecule has 0 fully saturated rings. The van der Waals surface area contributed by atoms with Gasteiger partial charge in [0.2, 0.25) is 10.0 Å². The molecular weight excluding hydrogens is 256 g/mol. The predicted octanol–water partition coefficient (Wildman–Crippen LogP) is 1.68. The van der Waals surface area contributed by atoms with Crippen molar-refractivity contribution in [3.63, 3.8) is 0 Å². The Hall–Kier alpha value is -1.47. The Morgan fingerprint density at radius 3 is 2.44 bits per heavy atom. The number of rotatable bonds is 5. The van der Waals surface area contributed by atoms with Crippen LogP contribution in [0.15, 0.2) is 18.2 Å². The van der Waals surface area contributed by atoms with Gasteiger partial charge in [-0.1, -0.05) is 19.1 Å². The molecule has 0 saturated heterocycles. The lowest BCUT2D eigenvalue weighted by Gasteiger charge is -2.18. The second-order valence-electron chi connectivity index (χ2n) is 4.01. The van der Waals surface area contributed by atoms with Crippen molar-refractivity contribution in [3.8, 4) is 0 Å². The van der Waals surface area contributed by atoms with Gasteiger partial charge in [0.1, 0.15) is 0 Å². The van der Waals surface area contributed by atoms with Crippen LogP contribution in [-0.2, 0) is 16.6 Å². The normalized spacial score (nSPS) is 11.8. The maximum absolute atomic E-state index is 11.5. The second-order valence-corrected chi connectivity index (χ2v) is 5.99. The lowest BCUT2D eigenvalue weighted by Crippen LogP contribution is -2.29. The highest BCUT2D eigenvalue weighted by molar-refractivity contribution is 7.88. The van der Waals surface area contributed by atoms with E-state index < -0.39 is 14.9 Å². The lowest BCUT2D eigenvalue weighted by atomic mass is 10.1. The van der Waals surface area contributed by atoms with Crippen molar-refractivity contribution in [2.75, 3.05) is 12.8 Å². The third kappa shape index (κ3) is 3.27. The van der Waals surface area contributed by atoms with Gasteiger partial charge in [0.15, 0.2) is 0 Å². The summed E-state index contributed by atoms with van der Waals surface area (Å²) in [7, 11) is -3.30. The zero-order valence-electron chi connectivity index (χ0n) is 10.6. The minimum absolute atomic E-state index is 0.0112. The Morgan fingerprint density at radius 2 is 2.00 bits per heavy atom. The number of nitro groups is 1. The van der Waals surface area contributed by atoms with Gasteiger partial charge in [0.25, 0.3) is 5.69 Å². The maximum Gasteiger partial charge on any atom is 0.272 e. The van der Waals surface area contributed by atoms with Gasteiger partial charge in [-0.3, -0.25) is 10.1 Å². The van der Waals surface area contributed by atoms with E-state index in [1.807, 2.05) is 0 Å². The van der Waals surface area contributed by atoms with Crippen molar-refractivity contribution in [2.45, 2.75) is 20.4 Å². The molecule has 18 heavy (non-hydrogen) atoms. The van der Waals surface area contributed by atoms with Crippen molar-refractivity contribution in [3.05, 3.63) is 39.4 Å². The van der Waals surface area contributed by atoms with E-state index in [1.54, 1.807) is 26.0 Å². The van der Waals surface area contributed by atoms with E-state index in [0.29, 0.717) is 17.7 Å². The van der Waals surface area contributed by atoms with Crippen molar-refractivity contribution in [1.82, 2.24) is 4.31 Å². The highest BCUT2D eigenvalue weighted by Crippen LogP contribution is 2.22. The molecule has 0 amide bonds. The third-order valence-corrected chi connectivity index (χ3v) is 4.11. The molecule has 0 spiro atoms. The molecule has 100 valence electrons. The fraction of sp³-hybridized carbons (Fsp3) is 0.455. The van der Waals surface area contributed by atoms with E-state index in [4.69, 9.17) is 0 Å². The number of hydrogen-bond donors (Lipinski definition) is 0. The van der Waals surface area contributed by atoms with E-state index in [2.05, 4.69) is 0 Å². The van der Waals surface area contributed by atoms with Gasteiger partial charge >= 0.3 is 0 Å². The highest BCUT2D eigenvalue weighted by atomic mass is 32.2. The molecule has 1 aromatic carbocycles. The smallest absolute Gasteiger partial charge is 0.258 e. The second kappa shape index (κ2) is 5.45. The average molecular weight is 272 g/mol. The summed E-state index contributed by atoms with van der Waals surface area (Å²) < 4.78 is 24.3. The highest BCUT2D eigenvalue weighted by Gasteiger charge is 2.19. The van der Waals surface area contributed by atoms with Crippen molar-refractivity contribution < 1.29 is 13.3 Å². The molecule has 0 aliphatic rings. The minimum atomic E-state index is -3.30. The Labute approximate surface area is 106 Å². The quantitative estimate of drug-likeness (QED) is 0.603. The van der Waals surface area contributed by atoms with Crippen molar-refractivity contribution >= 4 is 15.7 Å². The number of sulfonamides is 1. The maximum atomic E-state index is 11.5. The van der Waals surface area contributed by atoms with E-state index in [1.165, 1.54) is 10.4 Å². The van der Waals surface area contributed by atoms with Crippen molar-refractivity contribution in [1.29, 1.82) is 0 Å². The summed E-state index contributed by atoms with van der Waals surface area (Å²) in [6.45, 7) is 3.85. The topological polar surface area (TPSA) is 80.5 Å². The van der Waals surface area contributed by atoms with E-state index in [0.717, 1.165) is 6.26 Å². The summed E-state index contributed by atoms with van der Waals surface area (Å²) in [5.74, 6) is 0. The van der Waals surface area contributed by atoms with Crippen LogP contribution >= 0.6 is 0 Å². The van der Waals surface area contributed by atoms with E-state index in [-0.39, 0.29) is 12.2 Å². The molecular formula is C11H16N2O4S. The van der Waals surface area contributed by atoms with Crippen molar-refractivity contribution in [2.24, 2.45) is 0 Å². The first-order valence-corrected chi connectivity index (χ1v) is 7.30. The van der Waals surface area contributed by atoms with Gasteiger partial charge in [-0.2, -0.15) is 4.31 Å². The van der Waals surface area contributed by atoms with E-state index in [9.17, 15) is 18.5 Å².